The number of hydrogen-bond donors (Lipinski definition) is 3. The molecule has 12 nitrogen and oxygen atoms in total. The van der Waals surface area contributed by atoms with Crippen molar-refractivity contribution in [2.45, 2.75) is 37.6 Å². The number of ether oxygens (including phenoxy) is 1. The standard InChI is InChI=1S/C28H35N5O7S/c1-18-12-33(19(2)16-34)27(35)23-11-22(30-41(38,39)26-15-32(4)17-29-26)9-10-24(23)40-25(18)14-31(3)13-20-5-7-21(8-6-20)28(36)37/h5-11,15,17-19,25,30,34H,12-14,16H2,1-4H3,(H,36,37)/t18-,19-,25-/m1/s1. The second-order valence-electron chi connectivity index (χ2n) is 10.5. The van der Waals surface area contributed by atoms with Crippen LogP contribution in [0.15, 0.2) is 60.0 Å². The van der Waals surface area contributed by atoms with Gasteiger partial charge in [0.15, 0.2) is 5.03 Å². The number of rotatable bonds is 10. The number of hydrogen-bond acceptors (Lipinski definition) is 8. The SMILES string of the molecule is C[C@@H]1CN([C@H](C)CO)C(=O)c2cc(NS(=O)(=O)c3cn(C)cn3)ccc2O[C@@H]1CN(C)Cc1ccc(C(=O)O)cc1. The molecule has 1 aliphatic rings. The molecule has 1 aliphatic heterocycles. The number of aromatic carboxylic acids is 1. The minimum absolute atomic E-state index is 0.111. The fourth-order valence-electron chi connectivity index (χ4n) is 4.68. The van der Waals surface area contributed by atoms with E-state index < -0.39 is 22.0 Å². The lowest BCUT2D eigenvalue weighted by atomic mass is 9.99. The normalized spacial score (nSPS) is 18.3. The lowest BCUT2D eigenvalue weighted by Crippen LogP contribution is -2.49. The first-order valence-corrected chi connectivity index (χ1v) is 14.6. The molecular formula is C28H35N5O7S. The summed E-state index contributed by atoms with van der Waals surface area (Å²) in [6.45, 7) is 4.84. The van der Waals surface area contributed by atoms with Crippen molar-refractivity contribution in [2.24, 2.45) is 13.0 Å². The average molecular weight is 586 g/mol. The Bertz CT molecular complexity index is 1510. The molecule has 1 aromatic heterocycles. The van der Waals surface area contributed by atoms with Crippen LogP contribution in [0.5, 0.6) is 5.75 Å². The zero-order valence-corrected chi connectivity index (χ0v) is 24.2. The van der Waals surface area contributed by atoms with Gasteiger partial charge in [-0.25, -0.2) is 9.78 Å². The Morgan fingerprint density at radius 2 is 1.95 bits per heavy atom. The van der Waals surface area contributed by atoms with E-state index in [9.17, 15) is 23.1 Å². The van der Waals surface area contributed by atoms with Gasteiger partial charge in [-0.05, 0) is 49.9 Å². The molecule has 0 fully saturated rings. The predicted octanol–water partition coefficient (Wildman–Crippen LogP) is 2.27. The highest BCUT2D eigenvalue weighted by Crippen LogP contribution is 2.31. The highest BCUT2D eigenvalue weighted by molar-refractivity contribution is 7.92. The zero-order valence-electron chi connectivity index (χ0n) is 23.4. The van der Waals surface area contributed by atoms with Crippen LogP contribution in [-0.2, 0) is 23.6 Å². The van der Waals surface area contributed by atoms with Crippen LogP contribution in [0.4, 0.5) is 5.69 Å². The van der Waals surface area contributed by atoms with Crippen molar-refractivity contribution in [1.82, 2.24) is 19.4 Å². The van der Waals surface area contributed by atoms with Crippen LogP contribution in [0.3, 0.4) is 0 Å². The molecule has 0 saturated heterocycles. The van der Waals surface area contributed by atoms with Crippen LogP contribution >= 0.6 is 0 Å². The number of carboxylic acids is 1. The Kier molecular flexibility index (Phi) is 9.00. The summed E-state index contributed by atoms with van der Waals surface area (Å²) in [5.74, 6) is -1.16. The number of anilines is 1. The van der Waals surface area contributed by atoms with Crippen molar-refractivity contribution in [1.29, 1.82) is 0 Å². The monoisotopic (exact) mass is 585 g/mol. The van der Waals surface area contributed by atoms with Crippen LogP contribution in [-0.4, -0.2) is 88.7 Å². The molecule has 220 valence electrons. The summed E-state index contributed by atoms with van der Waals surface area (Å²) in [6, 6.07) is 10.7. The topological polar surface area (TPSA) is 154 Å². The maximum absolute atomic E-state index is 13.7. The van der Waals surface area contributed by atoms with Crippen molar-refractivity contribution in [2.75, 3.05) is 31.5 Å². The van der Waals surface area contributed by atoms with Crippen molar-refractivity contribution >= 4 is 27.6 Å². The Balaban J connectivity index is 1.60. The van der Waals surface area contributed by atoms with E-state index in [1.54, 1.807) is 49.2 Å². The van der Waals surface area contributed by atoms with Crippen LogP contribution in [0, 0.1) is 5.92 Å². The van der Waals surface area contributed by atoms with Gasteiger partial charge in [-0.15, -0.1) is 0 Å². The van der Waals surface area contributed by atoms with Crippen LogP contribution in [0.1, 0.15) is 40.1 Å². The maximum atomic E-state index is 13.7. The minimum atomic E-state index is -3.99. The molecule has 3 aromatic rings. The number of likely N-dealkylation sites (N-methyl/N-ethyl adjacent to an activating group) is 1. The number of imidazole rings is 1. The molecule has 0 unspecified atom stereocenters. The number of carbonyl (C=O) groups is 2. The molecule has 3 N–H and O–H groups in total. The number of aromatic nitrogens is 2. The van der Waals surface area contributed by atoms with Crippen LogP contribution in [0.25, 0.3) is 0 Å². The molecule has 41 heavy (non-hydrogen) atoms. The second-order valence-corrected chi connectivity index (χ2v) is 12.1. The third-order valence-electron chi connectivity index (χ3n) is 7.02. The van der Waals surface area contributed by atoms with Gasteiger partial charge in [0.05, 0.1) is 30.1 Å². The molecule has 0 bridgehead atoms. The Hall–Kier alpha value is -3.94. The Labute approximate surface area is 239 Å². The molecule has 2 aromatic carbocycles. The van der Waals surface area contributed by atoms with Gasteiger partial charge < -0.3 is 24.4 Å². The van der Waals surface area contributed by atoms with Gasteiger partial charge in [-0.3, -0.25) is 14.4 Å². The first-order valence-electron chi connectivity index (χ1n) is 13.1. The van der Waals surface area contributed by atoms with E-state index in [1.807, 2.05) is 14.0 Å². The largest absolute Gasteiger partial charge is 0.488 e. The van der Waals surface area contributed by atoms with Crippen LogP contribution < -0.4 is 9.46 Å². The summed E-state index contributed by atoms with van der Waals surface area (Å²) in [7, 11) is -0.400. The third kappa shape index (κ3) is 7.04. The summed E-state index contributed by atoms with van der Waals surface area (Å²) < 4.78 is 36.1. The number of carbonyl (C=O) groups excluding carboxylic acids is 1. The molecule has 0 spiro atoms. The second kappa shape index (κ2) is 12.3. The number of sulfonamides is 1. The summed E-state index contributed by atoms with van der Waals surface area (Å²) >= 11 is 0. The summed E-state index contributed by atoms with van der Waals surface area (Å²) in [6.07, 6.45) is 2.40. The molecule has 2 heterocycles. The average Bonchev–Trinajstić information content (AvgIpc) is 3.38. The van der Waals surface area contributed by atoms with E-state index >= 15 is 0 Å². The smallest absolute Gasteiger partial charge is 0.335 e. The number of nitrogens with zero attached hydrogens (tertiary/aromatic N) is 4. The fraction of sp³-hybridized carbons (Fsp3) is 0.393. The summed E-state index contributed by atoms with van der Waals surface area (Å²) in [5.41, 5.74) is 1.51. The third-order valence-corrected chi connectivity index (χ3v) is 8.28. The molecule has 4 rings (SSSR count). The van der Waals surface area contributed by atoms with Gasteiger partial charge in [-0.2, -0.15) is 8.42 Å². The number of nitrogens with one attached hydrogen (secondary N) is 1. The Morgan fingerprint density at radius 3 is 2.56 bits per heavy atom. The van der Waals surface area contributed by atoms with Crippen molar-refractivity contribution in [3.05, 3.63) is 71.7 Å². The molecular weight excluding hydrogens is 550 g/mol. The molecule has 0 aliphatic carbocycles. The van der Waals surface area contributed by atoms with E-state index in [-0.39, 0.29) is 46.4 Å². The molecule has 0 radical (unpaired) electrons. The van der Waals surface area contributed by atoms with Gasteiger partial charge in [0.2, 0.25) is 0 Å². The van der Waals surface area contributed by atoms with Gasteiger partial charge in [0, 0.05) is 44.5 Å². The van der Waals surface area contributed by atoms with Crippen molar-refractivity contribution < 1.29 is 33.0 Å². The van der Waals surface area contributed by atoms with Crippen molar-refractivity contribution in [3.8, 4) is 5.75 Å². The summed E-state index contributed by atoms with van der Waals surface area (Å²) in [4.78, 5) is 32.4. The fourth-order valence-corrected chi connectivity index (χ4v) is 5.71. The number of carboxylic acid groups (broad SMARTS) is 1. The highest BCUT2D eigenvalue weighted by atomic mass is 32.2. The van der Waals surface area contributed by atoms with E-state index in [1.165, 1.54) is 29.2 Å². The van der Waals surface area contributed by atoms with E-state index in [0.29, 0.717) is 25.4 Å². The van der Waals surface area contributed by atoms with Crippen LogP contribution in [0.2, 0.25) is 0 Å². The predicted molar refractivity (Wildman–Crippen MR) is 151 cm³/mol. The van der Waals surface area contributed by atoms with Gasteiger partial charge in [0.1, 0.15) is 11.9 Å². The van der Waals surface area contributed by atoms with Gasteiger partial charge >= 0.3 is 5.97 Å². The highest BCUT2D eigenvalue weighted by Gasteiger charge is 2.34. The molecule has 0 saturated carbocycles. The molecule has 13 heteroatoms. The number of fused-ring (bicyclic) bond motifs is 1. The lowest BCUT2D eigenvalue weighted by molar-refractivity contribution is 0.0341. The minimum Gasteiger partial charge on any atom is -0.488 e. The Morgan fingerprint density at radius 1 is 1.24 bits per heavy atom. The number of aryl methyl sites for hydroxylation is 1. The first kappa shape index (κ1) is 30.0. The van der Waals surface area contributed by atoms with E-state index in [0.717, 1.165) is 5.56 Å². The van der Waals surface area contributed by atoms with Crippen molar-refractivity contribution in [3.63, 3.8) is 0 Å². The number of benzene rings is 2. The molecule has 3 atom stereocenters. The van der Waals surface area contributed by atoms with E-state index in [4.69, 9.17) is 9.84 Å². The number of aliphatic hydroxyl groups is 1. The summed E-state index contributed by atoms with van der Waals surface area (Å²) in [5, 5.41) is 18.9. The molecule has 1 amide bonds. The van der Waals surface area contributed by atoms with E-state index in [2.05, 4.69) is 14.6 Å². The zero-order chi connectivity index (χ0) is 29.9. The number of aliphatic hydroxyl groups excluding tert-OH is 1. The first-order chi connectivity index (χ1) is 19.4. The lowest BCUT2D eigenvalue weighted by Gasteiger charge is -2.38. The number of amides is 1. The maximum Gasteiger partial charge on any atom is 0.335 e. The van der Waals surface area contributed by atoms with Gasteiger partial charge in [0.25, 0.3) is 15.9 Å². The quantitative estimate of drug-likeness (QED) is 0.325. The van der Waals surface area contributed by atoms with Gasteiger partial charge in [-0.1, -0.05) is 19.1 Å².